The van der Waals surface area contributed by atoms with Gasteiger partial charge in [0, 0.05) is 20.0 Å². The smallest absolute Gasteiger partial charge is 0.254 e. The molecule has 0 atom stereocenters. The van der Waals surface area contributed by atoms with Crippen LogP contribution in [0.3, 0.4) is 0 Å². The number of halogens is 1. The third kappa shape index (κ3) is 5.19. The summed E-state index contributed by atoms with van der Waals surface area (Å²) in [6, 6.07) is 14.1. The topological polar surface area (TPSA) is 58.2 Å². The van der Waals surface area contributed by atoms with E-state index in [2.05, 4.69) is 10.6 Å². The van der Waals surface area contributed by atoms with Crippen molar-refractivity contribution < 1.29 is 14.0 Å². The monoisotopic (exact) mass is 328 g/mol. The van der Waals surface area contributed by atoms with Crippen LogP contribution < -0.4 is 10.6 Å². The molecule has 0 aliphatic heterocycles. The normalized spacial score (nSPS) is 10.2. The van der Waals surface area contributed by atoms with Crippen molar-refractivity contribution in [1.29, 1.82) is 0 Å². The van der Waals surface area contributed by atoms with Crippen LogP contribution in [0.5, 0.6) is 0 Å². The van der Waals surface area contributed by atoms with E-state index in [1.165, 1.54) is 13.0 Å². The fourth-order valence-electron chi connectivity index (χ4n) is 2.32. The highest BCUT2D eigenvalue weighted by atomic mass is 19.1. The zero-order valence-corrected chi connectivity index (χ0v) is 13.6. The number of carbonyl (C=O) groups excluding carboxylic acids is 2. The maximum Gasteiger partial charge on any atom is 0.254 e. The first-order valence-electron chi connectivity index (χ1n) is 7.95. The van der Waals surface area contributed by atoms with Crippen LogP contribution in [0.2, 0.25) is 0 Å². The number of carbonyl (C=O) groups is 2. The molecular formula is C19H21FN2O2. The minimum absolute atomic E-state index is 0.0400. The Morgan fingerprint density at radius 3 is 2.25 bits per heavy atom. The minimum Gasteiger partial charge on any atom is -0.356 e. The summed E-state index contributed by atoms with van der Waals surface area (Å²) in [5.41, 5.74) is 1.77. The molecule has 0 aliphatic rings. The van der Waals surface area contributed by atoms with Crippen LogP contribution in [-0.2, 0) is 4.79 Å². The molecule has 0 bridgehead atoms. The van der Waals surface area contributed by atoms with Crippen molar-refractivity contribution in [2.45, 2.75) is 19.8 Å². The number of amides is 2. The third-order valence-corrected chi connectivity index (χ3v) is 3.58. The Bertz CT molecular complexity index is 702. The molecule has 126 valence electrons. The van der Waals surface area contributed by atoms with Gasteiger partial charge in [0.1, 0.15) is 5.82 Å². The van der Waals surface area contributed by atoms with E-state index < -0.39 is 11.7 Å². The van der Waals surface area contributed by atoms with Gasteiger partial charge in [0.15, 0.2) is 0 Å². The van der Waals surface area contributed by atoms with E-state index in [0.717, 1.165) is 17.5 Å². The highest BCUT2D eigenvalue weighted by Gasteiger charge is 2.12. The number of unbranched alkanes of at least 4 members (excludes halogenated alkanes) is 1. The molecule has 2 aromatic carbocycles. The summed E-state index contributed by atoms with van der Waals surface area (Å²) < 4.78 is 13.9. The lowest BCUT2D eigenvalue weighted by Gasteiger charge is -2.09. The molecule has 2 amide bonds. The van der Waals surface area contributed by atoms with E-state index in [1.807, 2.05) is 30.3 Å². The number of rotatable bonds is 7. The second-order valence-corrected chi connectivity index (χ2v) is 5.51. The quantitative estimate of drug-likeness (QED) is 0.767. The average molecular weight is 328 g/mol. The summed E-state index contributed by atoms with van der Waals surface area (Å²) in [6.07, 6.45) is 1.47. The van der Waals surface area contributed by atoms with E-state index in [1.54, 1.807) is 12.1 Å². The second-order valence-electron chi connectivity index (χ2n) is 5.51. The van der Waals surface area contributed by atoms with E-state index in [-0.39, 0.29) is 11.5 Å². The van der Waals surface area contributed by atoms with Gasteiger partial charge in [-0.05, 0) is 36.1 Å². The predicted octanol–water partition coefficient (Wildman–Crippen LogP) is 3.14. The lowest BCUT2D eigenvalue weighted by molar-refractivity contribution is -0.118. The highest BCUT2D eigenvalue weighted by Crippen LogP contribution is 2.21. The van der Waals surface area contributed by atoms with Crippen molar-refractivity contribution >= 4 is 11.8 Å². The average Bonchev–Trinajstić information content (AvgIpc) is 2.58. The molecule has 24 heavy (non-hydrogen) atoms. The first-order chi connectivity index (χ1) is 11.6. The largest absolute Gasteiger partial charge is 0.356 e. The van der Waals surface area contributed by atoms with E-state index >= 15 is 0 Å². The predicted molar refractivity (Wildman–Crippen MR) is 92.1 cm³/mol. The second kappa shape index (κ2) is 8.82. The van der Waals surface area contributed by atoms with Crippen molar-refractivity contribution in [1.82, 2.24) is 10.6 Å². The van der Waals surface area contributed by atoms with Crippen LogP contribution in [0.25, 0.3) is 11.1 Å². The summed E-state index contributed by atoms with van der Waals surface area (Å²) >= 11 is 0. The van der Waals surface area contributed by atoms with Gasteiger partial charge in [-0.2, -0.15) is 0 Å². The maximum atomic E-state index is 13.9. The first kappa shape index (κ1) is 17.7. The molecule has 0 saturated heterocycles. The van der Waals surface area contributed by atoms with Crippen molar-refractivity contribution in [2.75, 3.05) is 13.1 Å². The Hall–Kier alpha value is -2.69. The summed E-state index contributed by atoms with van der Waals surface area (Å²) in [4.78, 5) is 22.9. The fourth-order valence-corrected chi connectivity index (χ4v) is 2.32. The highest BCUT2D eigenvalue weighted by molar-refractivity contribution is 5.95. The molecule has 0 aliphatic carbocycles. The molecular weight excluding hydrogens is 307 g/mol. The van der Waals surface area contributed by atoms with Gasteiger partial charge in [-0.15, -0.1) is 0 Å². The van der Waals surface area contributed by atoms with Crippen LogP contribution in [0, 0.1) is 5.82 Å². The molecule has 4 nitrogen and oxygen atoms in total. The first-order valence-corrected chi connectivity index (χ1v) is 7.95. The Balaban J connectivity index is 1.93. The van der Waals surface area contributed by atoms with Gasteiger partial charge >= 0.3 is 0 Å². The Kier molecular flexibility index (Phi) is 6.49. The Morgan fingerprint density at radius 2 is 1.58 bits per heavy atom. The zero-order valence-electron chi connectivity index (χ0n) is 13.6. The molecule has 2 rings (SSSR count). The van der Waals surface area contributed by atoms with Crippen molar-refractivity contribution in [3.63, 3.8) is 0 Å². The molecule has 0 fully saturated rings. The van der Waals surface area contributed by atoms with Crippen LogP contribution in [0.4, 0.5) is 4.39 Å². The van der Waals surface area contributed by atoms with Crippen molar-refractivity contribution in [2.24, 2.45) is 0 Å². The van der Waals surface area contributed by atoms with E-state index in [4.69, 9.17) is 0 Å². The Morgan fingerprint density at radius 1 is 0.917 bits per heavy atom. The van der Waals surface area contributed by atoms with Crippen molar-refractivity contribution in [3.05, 3.63) is 59.9 Å². The van der Waals surface area contributed by atoms with Crippen LogP contribution in [0.1, 0.15) is 30.1 Å². The van der Waals surface area contributed by atoms with Crippen LogP contribution >= 0.6 is 0 Å². The molecule has 0 saturated carbocycles. The molecule has 0 aromatic heterocycles. The molecule has 2 N–H and O–H groups in total. The fraction of sp³-hybridized carbons (Fsp3) is 0.263. The molecule has 2 aromatic rings. The van der Waals surface area contributed by atoms with Gasteiger partial charge in [0.05, 0.1) is 5.56 Å². The molecule has 0 radical (unpaired) electrons. The third-order valence-electron chi connectivity index (χ3n) is 3.58. The molecule has 0 spiro atoms. The zero-order chi connectivity index (χ0) is 17.4. The molecule has 0 heterocycles. The van der Waals surface area contributed by atoms with Gasteiger partial charge in [-0.3, -0.25) is 9.59 Å². The molecule has 0 unspecified atom stereocenters. The number of hydrogen-bond acceptors (Lipinski definition) is 2. The minimum atomic E-state index is -0.537. The summed E-state index contributed by atoms with van der Waals surface area (Å²) in [7, 11) is 0. The number of benzene rings is 2. The van der Waals surface area contributed by atoms with Gasteiger partial charge in [-0.1, -0.05) is 36.4 Å². The lowest BCUT2D eigenvalue weighted by Crippen LogP contribution is -2.27. The van der Waals surface area contributed by atoms with Crippen LogP contribution in [-0.4, -0.2) is 24.9 Å². The standard InChI is InChI=1S/C19H21FN2O2/c1-14(23)21-11-5-6-12-22-19(24)17-13-16(9-10-18(17)20)15-7-3-2-4-8-15/h2-4,7-10,13H,5-6,11-12H2,1H3,(H,21,23)(H,22,24). The van der Waals surface area contributed by atoms with E-state index in [0.29, 0.717) is 19.5 Å². The SMILES string of the molecule is CC(=O)NCCCCNC(=O)c1cc(-c2ccccc2)ccc1F. The summed E-state index contributed by atoms with van der Waals surface area (Å²) in [6.45, 7) is 2.47. The summed E-state index contributed by atoms with van der Waals surface area (Å²) in [5, 5.41) is 5.40. The van der Waals surface area contributed by atoms with Crippen molar-refractivity contribution in [3.8, 4) is 11.1 Å². The summed E-state index contributed by atoms with van der Waals surface area (Å²) in [5.74, 6) is -1.03. The lowest BCUT2D eigenvalue weighted by atomic mass is 10.0. The Labute approximate surface area is 141 Å². The maximum absolute atomic E-state index is 13.9. The van der Waals surface area contributed by atoms with Gasteiger partial charge in [0.2, 0.25) is 5.91 Å². The van der Waals surface area contributed by atoms with Crippen LogP contribution in [0.15, 0.2) is 48.5 Å². The van der Waals surface area contributed by atoms with E-state index in [9.17, 15) is 14.0 Å². The molecule has 5 heteroatoms. The van der Waals surface area contributed by atoms with Gasteiger partial charge in [0.25, 0.3) is 5.91 Å². The van der Waals surface area contributed by atoms with Gasteiger partial charge in [-0.25, -0.2) is 4.39 Å². The number of nitrogens with one attached hydrogen (secondary N) is 2. The van der Waals surface area contributed by atoms with Gasteiger partial charge < -0.3 is 10.6 Å². The number of hydrogen-bond donors (Lipinski definition) is 2.